The van der Waals surface area contributed by atoms with Crippen molar-refractivity contribution in [3.05, 3.63) is 47.3 Å². The molecule has 1 amide bonds. The molecule has 0 bridgehead atoms. The second kappa shape index (κ2) is 7.64. The Kier molecular flexibility index (Phi) is 5.46. The Bertz CT molecular complexity index is 959. The van der Waals surface area contributed by atoms with Gasteiger partial charge in [0, 0.05) is 24.0 Å². The van der Waals surface area contributed by atoms with E-state index in [1.807, 2.05) is 43.0 Å². The predicted molar refractivity (Wildman–Crippen MR) is 106 cm³/mol. The molecule has 0 spiro atoms. The number of carbonyl (C=O) groups is 1. The van der Waals surface area contributed by atoms with Crippen LogP contribution in [0.3, 0.4) is 0 Å². The number of amides is 1. The zero-order valence-corrected chi connectivity index (χ0v) is 16.6. The number of hydrogen-bond acceptors (Lipinski definition) is 6. The van der Waals surface area contributed by atoms with Crippen molar-refractivity contribution in [3.63, 3.8) is 0 Å². The molecular formula is C19H24N4O3S. The minimum absolute atomic E-state index is 0.100. The summed E-state index contributed by atoms with van der Waals surface area (Å²) < 4.78 is 23.7. The Balaban J connectivity index is 1.86. The Labute approximate surface area is 159 Å². The van der Waals surface area contributed by atoms with Crippen molar-refractivity contribution in [1.29, 1.82) is 0 Å². The molecule has 1 aromatic heterocycles. The molecule has 144 valence electrons. The van der Waals surface area contributed by atoms with E-state index in [0.717, 1.165) is 5.56 Å². The van der Waals surface area contributed by atoms with Crippen molar-refractivity contribution in [1.82, 2.24) is 9.97 Å². The van der Waals surface area contributed by atoms with Crippen LogP contribution in [0.25, 0.3) is 0 Å². The number of carbonyl (C=O) groups excluding carboxylic acids is 1. The summed E-state index contributed by atoms with van der Waals surface area (Å²) in [6, 6.07) is 9.01. The monoisotopic (exact) mass is 388 g/mol. The van der Waals surface area contributed by atoms with Crippen LogP contribution in [0.5, 0.6) is 0 Å². The number of sulfone groups is 1. The summed E-state index contributed by atoms with van der Waals surface area (Å²) in [7, 11) is -3.02. The zero-order valence-electron chi connectivity index (χ0n) is 15.8. The van der Waals surface area contributed by atoms with Crippen molar-refractivity contribution in [3.8, 4) is 0 Å². The molecule has 8 heteroatoms. The lowest BCUT2D eigenvalue weighted by atomic mass is 10.2. The SMILES string of the molecule is CCN(c1nc(C)cc(C(=O)Nc2cccc(C)c2)n1)C1CCS(=O)(=O)C1. The largest absolute Gasteiger partial charge is 0.337 e. The van der Waals surface area contributed by atoms with Crippen molar-refractivity contribution >= 4 is 27.4 Å². The van der Waals surface area contributed by atoms with Gasteiger partial charge in [0.15, 0.2) is 9.84 Å². The molecule has 1 aromatic carbocycles. The van der Waals surface area contributed by atoms with Gasteiger partial charge < -0.3 is 10.2 Å². The van der Waals surface area contributed by atoms with Crippen LogP contribution in [-0.2, 0) is 9.84 Å². The first-order valence-electron chi connectivity index (χ1n) is 8.98. The van der Waals surface area contributed by atoms with Gasteiger partial charge in [0.25, 0.3) is 5.91 Å². The summed E-state index contributed by atoms with van der Waals surface area (Å²) in [4.78, 5) is 23.4. The molecule has 1 atom stereocenters. The summed E-state index contributed by atoms with van der Waals surface area (Å²) in [5.41, 5.74) is 2.67. The Morgan fingerprint density at radius 1 is 1.26 bits per heavy atom. The number of nitrogens with one attached hydrogen (secondary N) is 1. The highest BCUT2D eigenvalue weighted by molar-refractivity contribution is 7.91. The summed E-state index contributed by atoms with van der Waals surface area (Å²) >= 11 is 0. The standard InChI is InChI=1S/C19H24N4O3S/c1-4-23(16-8-9-27(25,26)12-16)19-20-14(3)11-17(22-19)18(24)21-15-7-5-6-13(2)10-15/h5-7,10-11,16H,4,8-9,12H2,1-3H3,(H,21,24). The lowest BCUT2D eigenvalue weighted by Crippen LogP contribution is -2.37. The Morgan fingerprint density at radius 2 is 2.04 bits per heavy atom. The molecule has 2 aromatic rings. The van der Waals surface area contributed by atoms with Gasteiger partial charge >= 0.3 is 0 Å². The first-order valence-corrected chi connectivity index (χ1v) is 10.8. The van der Waals surface area contributed by atoms with E-state index in [1.54, 1.807) is 13.0 Å². The molecule has 1 aliphatic rings. The van der Waals surface area contributed by atoms with E-state index in [2.05, 4.69) is 15.3 Å². The van der Waals surface area contributed by atoms with Gasteiger partial charge in [-0.1, -0.05) is 12.1 Å². The van der Waals surface area contributed by atoms with Gasteiger partial charge in [0.2, 0.25) is 5.95 Å². The molecule has 1 unspecified atom stereocenters. The molecule has 7 nitrogen and oxygen atoms in total. The summed E-state index contributed by atoms with van der Waals surface area (Å²) in [5.74, 6) is 0.361. The Morgan fingerprint density at radius 3 is 2.67 bits per heavy atom. The summed E-state index contributed by atoms with van der Waals surface area (Å²) in [6.07, 6.45) is 0.554. The smallest absolute Gasteiger partial charge is 0.274 e. The van der Waals surface area contributed by atoms with Crippen LogP contribution in [0.4, 0.5) is 11.6 Å². The lowest BCUT2D eigenvalue weighted by Gasteiger charge is -2.27. The van der Waals surface area contributed by atoms with Crippen LogP contribution in [0.15, 0.2) is 30.3 Å². The quantitative estimate of drug-likeness (QED) is 0.845. The second-order valence-corrected chi connectivity index (χ2v) is 9.09. The highest BCUT2D eigenvalue weighted by atomic mass is 32.2. The number of anilines is 2. The maximum absolute atomic E-state index is 12.6. The fourth-order valence-corrected chi connectivity index (χ4v) is 5.03. The average molecular weight is 388 g/mol. The minimum Gasteiger partial charge on any atom is -0.337 e. The second-order valence-electron chi connectivity index (χ2n) is 6.86. The number of aryl methyl sites for hydroxylation is 2. The average Bonchev–Trinajstić information content (AvgIpc) is 2.95. The van der Waals surface area contributed by atoms with Crippen LogP contribution >= 0.6 is 0 Å². The molecule has 1 saturated heterocycles. The van der Waals surface area contributed by atoms with Crippen molar-refractivity contribution in [2.75, 3.05) is 28.3 Å². The maximum atomic E-state index is 12.6. The van der Waals surface area contributed by atoms with Gasteiger partial charge in [-0.05, 0) is 51.0 Å². The number of hydrogen-bond donors (Lipinski definition) is 1. The van der Waals surface area contributed by atoms with Crippen LogP contribution in [0.2, 0.25) is 0 Å². The van der Waals surface area contributed by atoms with Crippen molar-refractivity contribution in [2.45, 2.75) is 33.2 Å². The highest BCUT2D eigenvalue weighted by Crippen LogP contribution is 2.22. The molecule has 0 radical (unpaired) electrons. The first kappa shape index (κ1) is 19.3. The molecule has 27 heavy (non-hydrogen) atoms. The minimum atomic E-state index is -3.02. The molecule has 2 heterocycles. The topological polar surface area (TPSA) is 92.3 Å². The zero-order chi connectivity index (χ0) is 19.6. The molecule has 0 saturated carbocycles. The van der Waals surface area contributed by atoms with Gasteiger partial charge in [-0.25, -0.2) is 18.4 Å². The van der Waals surface area contributed by atoms with Crippen LogP contribution < -0.4 is 10.2 Å². The summed E-state index contributed by atoms with van der Waals surface area (Å²) in [6.45, 7) is 6.26. The predicted octanol–water partition coefficient (Wildman–Crippen LogP) is 2.36. The fourth-order valence-electron chi connectivity index (χ4n) is 3.30. The van der Waals surface area contributed by atoms with Gasteiger partial charge in [-0.15, -0.1) is 0 Å². The fraction of sp³-hybridized carbons (Fsp3) is 0.421. The van der Waals surface area contributed by atoms with E-state index in [1.165, 1.54) is 0 Å². The van der Waals surface area contributed by atoms with E-state index >= 15 is 0 Å². The van der Waals surface area contributed by atoms with Crippen LogP contribution in [0.1, 0.15) is 35.1 Å². The van der Waals surface area contributed by atoms with E-state index in [0.29, 0.717) is 30.3 Å². The van der Waals surface area contributed by atoms with Gasteiger partial charge in [-0.3, -0.25) is 4.79 Å². The maximum Gasteiger partial charge on any atom is 0.274 e. The van der Waals surface area contributed by atoms with Gasteiger partial charge in [0.05, 0.1) is 11.5 Å². The third-order valence-corrected chi connectivity index (χ3v) is 6.35. The van der Waals surface area contributed by atoms with Crippen molar-refractivity contribution < 1.29 is 13.2 Å². The first-order chi connectivity index (χ1) is 12.8. The molecule has 1 aliphatic heterocycles. The normalized spacial score (nSPS) is 18.3. The van der Waals surface area contributed by atoms with E-state index in [9.17, 15) is 13.2 Å². The highest BCUT2D eigenvalue weighted by Gasteiger charge is 2.33. The number of aromatic nitrogens is 2. The lowest BCUT2D eigenvalue weighted by molar-refractivity contribution is 0.102. The molecule has 3 rings (SSSR count). The van der Waals surface area contributed by atoms with E-state index < -0.39 is 9.84 Å². The number of rotatable bonds is 5. The molecule has 1 N–H and O–H groups in total. The van der Waals surface area contributed by atoms with Crippen molar-refractivity contribution in [2.24, 2.45) is 0 Å². The van der Waals surface area contributed by atoms with Crippen LogP contribution in [-0.4, -0.2) is 48.4 Å². The van der Waals surface area contributed by atoms with Gasteiger partial charge in [0.1, 0.15) is 5.69 Å². The Hall–Kier alpha value is -2.48. The van der Waals surface area contributed by atoms with Crippen LogP contribution in [0, 0.1) is 13.8 Å². The molecule has 0 aliphatic carbocycles. The number of benzene rings is 1. The molecule has 1 fully saturated rings. The van der Waals surface area contributed by atoms with E-state index in [4.69, 9.17) is 0 Å². The molecular weight excluding hydrogens is 364 g/mol. The third kappa shape index (κ3) is 4.63. The third-order valence-electron chi connectivity index (χ3n) is 4.60. The summed E-state index contributed by atoms with van der Waals surface area (Å²) in [5, 5.41) is 2.85. The number of nitrogens with zero attached hydrogens (tertiary/aromatic N) is 3. The van der Waals surface area contributed by atoms with Gasteiger partial charge in [-0.2, -0.15) is 0 Å². The van der Waals surface area contributed by atoms with E-state index in [-0.39, 0.29) is 29.1 Å².